The van der Waals surface area contributed by atoms with E-state index in [0.29, 0.717) is 5.56 Å². The molecule has 0 saturated carbocycles. The van der Waals surface area contributed by atoms with Crippen LogP contribution < -0.4 is 5.73 Å². The fourth-order valence-corrected chi connectivity index (χ4v) is 1.64. The van der Waals surface area contributed by atoms with Crippen LogP contribution in [0.4, 0.5) is 0 Å². The first-order valence-electron chi connectivity index (χ1n) is 4.48. The molecule has 1 aliphatic rings. The van der Waals surface area contributed by atoms with E-state index in [4.69, 9.17) is 15.2 Å². The Hall–Kier alpha value is -1.43. The van der Waals surface area contributed by atoms with Crippen molar-refractivity contribution in [3.05, 3.63) is 35.9 Å². The van der Waals surface area contributed by atoms with E-state index >= 15 is 0 Å². The van der Waals surface area contributed by atoms with Crippen LogP contribution in [0.25, 0.3) is 0 Å². The number of rotatable bonds is 2. The Labute approximate surface area is 86.4 Å². The lowest BCUT2D eigenvalue weighted by Crippen LogP contribution is -2.49. The maximum Gasteiger partial charge on any atom is 0.345 e. The van der Waals surface area contributed by atoms with Crippen molar-refractivity contribution in [2.24, 2.45) is 5.73 Å². The van der Waals surface area contributed by atoms with Crippen molar-refractivity contribution in [1.82, 2.24) is 0 Å². The molecule has 2 unspecified atom stereocenters. The summed E-state index contributed by atoms with van der Waals surface area (Å²) in [6, 6.07) is 8.56. The molecule has 2 atom stereocenters. The molecule has 1 fully saturated rings. The van der Waals surface area contributed by atoms with Gasteiger partial charge in [-0.1, -0.05) is 30.3 Å². The molecule has 1 aliphatic heterocycles. The molecule has 0 bridgehead atoms. The number of carboxylic acids is 1. The van der Waals surface area contributed by atoms with Gasteiger partial charge < -0.3 is 20.3 Å². The molecule has 3 N–H and O–H groups in total. The van der Waals surface area contributed by atoms with Crippen molar-refractivity contribution >= 4 is 5.97 Å². The van der Waals surface area contributed by atoms with E-state index in [-0.39, 0.29) is 6.79 Å². The van der Waals surface area contributed by atoms with Gasteiger partial charge in [0.2, 0.25) is 5.60 Å². The van der Waals surface area contributed by atoms with Gasteiger partial charge in [0.1, 0.15) is 0 Å². The number of benzene rings is 1. The van der Waals surface area contributed by atoms with E-state index in [9.17, 15) is 9.90 Å². The minimum Gasteiger partial charge on any atom is -0.479 e. The quantitative estimate of drug-likeness (QED) is 0.729. The van der Waals surface area contributed by atoms with Crippen LogP contribution in [-0.2, 0) is 19.9 Å². The Balaban J connectivity index is 2.49. The SMILES string of the molecule is NC1OCOC1(C(=O)O)c1ccccc1. The first-order chi connectivity index (χ1) is 7.18. The van der Waals surface area contributed by atoms with Gasteiger partial charge >= 0.3 is 5.97 Å². The largest absolute Gasteiger partial charge is 0.479 e. The molecular formula is C10H11NO4. The Morgan fingerprint density at radius 3 is 2.60 bits per heavy atom. The number of ether oxygens (including phenoxy) is 2. The van der Waals surface area contributed by atoms with Gasteiger partial charge in [-0.15, -0.1) is 0 Å². The molecule has 1 heterocycles. The zero-order valence-electron chi connectivity index (χ0n) is 7.92. The zero-order chi connectivity index (χ0) is 10.9. The van der Waals surface area contributed by atoms with Gasteiger partial charge in [0.25, 0.3) is 0 Å². The van der Waals surface area contributed by atoms with Crippen LogP contribution >= 0.6 is 0 Å². The molecule has 1 saturated heterocycles. The third kappa shape index (κ3) is 1.41. The molecule has 0 spiro atoms. The van der Waals surface area contributed by atoms with E-state index < -0.39 is 17.8 Å². The lowest BCUT2D eigenvalue weighted by atomic mass is 9.92. The van der Waals surface area contributed by atoms with Crippen LogP contribution in [0.2, 0.25) is 0 Å². The minimum absolute atomic E-state index is 0.109. The smallest absolute Gasteiger partial charge is 0.345 e. The Morgan fingerprint density at radius 2 is 2.13 bits per heavy atom. The van der Waals surface area contributed by atoms with Crippen molar-refractivity contribution in [1.29, 1.82) is 0 Å². The summed E-state index contributed by atoms with van der Waals surface area (Å²) in [7, 11) is 0. The number of aliphatic carboxylic acids is 1. The highest BCUT2D eigenvalue weighted by Gasteiger charge is 2.52. The molecule has 5 heteroatoms. The second kappa shape index (κ2) is 3.62. The highest BCUT2D eigenvalue weighted by atomic mass is 16.7. The third-order valence-corrected chi connectivity index (χ3v) is 2.46. The van der Waals surface area contributed by atoms with Crippen molar-refractivity contribution in [2.75, 3.05) is 6.79 Å². The molecule has 5 nitrogen and oxygen atoms in total. The van der Waals surface area contributed by atoms with E-state index in [1.807, 2.05) is 0 Å². The minimum atomic E-state index is -1.58. The highest BCUT2D eigenvalue weighted by molar-refractivity contribution is 5.80. The van der Waals surface area contributed by atoms with Gasteiger partial charge in [-0.2, -0.15) is 0 Å². The normalized spacial score (nSPS) is 30.3. The fourth-order valence-electron chi connectivity index (χ4n) is 1.64. The number of nitrogens with two attached hydrogens (primary N) is 1. The summed E-state index contributed by atoms with van der Waals surface area (Å²) in [5.74, 6) is -1.14. The molecular weight excluding hydrogens is 198 g/mol. The van der Waals surface area contributed by atoms with Crippen molar-refractivity contribution in [2.45, 2.75) is 11.8 Å². The monoisotopic (exact) mass is 209 g/mol. The summed E-state index contributed by atoms with van der Waals surface area (Å²) in [6.45, 7) is -0.109. The maximum atomic E-state index is 11.2. The topological polar surface area (TPSA) is 81.8 Å². The van der Waals surface area contributed by atoms with Crippen LogP contribution in [0, 0.1) is 0 Å². The van der Waals surface area contributed by atoms with Gasteiger partial charge in [-0.25, -0.2) is 4.79 Å². The van der Waals surface area contributed by atoms with E-state index in [1.165, 1.54) is 0 Å². The number of carbonyl (C=O) groups is 1. The van der Waals surface area contributed by atoms with Gasteiger partial charge in [0.05, 0.1) is 0 Å². The molecule has 1 aromatic carbocycles. The van der Waals surface area contributed by atoms with Crippen molar-refractivity contribution in [3.8, 4) is 0 Å². The molecule has 1 aromatic rings. The maximum absolute atomic E-state index is 11.2. The van der Waals surface area contributed by atoms with Crippen LogP contribution in [-0.4, -0.2) is 24.1 Å². The second-order valence-corrected chi connectivity index (χ2v) is 3.26. The first kappa shape index (κ1) is 10.1. The van der Waals surface area contributed by atoms with E-state index in [2.05, 4.69) is 0 Å². The van der Waals surface area contributed by atoms with E-state index in [1.54, 1.807) is 30.3 Å². The lowest BCUT2D eigenvalue weighted by molar-refractivity contribution is -0.162. The van der Waals surface area contributed by atoms with Gasteiger partial charge in [-0.3, -0.25) is 0 Å². The molecule has 80 valence electrons. The number of hydrogen-bond donors (Lipinski definition) is 2. The van der Waals surface area contributed by atoms with E-state index in [0.717, 1.165) is 0 Å². The lowest BCUT2D eigenvalue weighted by Gasteiger charge is -2.25. The van der Waals surface area contributed by atoms with Crippen LogP contribution in [0.3, 0.4) is 0 Å². The Kier molecular flexibility index (Phi) is 2.44. The van der Waals surface area contributed by atoms with Gasteiger partial charge in [0, 0.05) is 0 Å². The predicted octanol–water partition coefficient (Wildman–Crippen LogP) is 0.256. The fraction of sp³-hybridized carbons (Fsp3) is 0.300. The van der Waals surface area contributed by atoms with Gasteiger partial charge in [0.15, 0.2) is 13.0 Å². The standard InChI is InChI=1S/C10H11NO4/c11-8-10(9(12)13,15-6-14-8)7-4-2-1-3-5-7/h1-5,8H,6,11H2,(H,12,13). The summed E-state index contributed by atoms with van der Waals surface area (Å²) in [6.07, 6.45) is -0.989. The number of hydrogen-bond acceptors (Lipinski definition) is 4. The zero-order valence-corrected chi connectivity index (χ0v) is 7.92. The molecule has 0 amide bonds. The average Bonchev–Trinajstić information content (AvgIpc) is 2.62. The Bertz CT molecular complexity index is 367. The van der Waals surface area contributed by atoms with Crippen molar-refractivity contribution in [3.63, 3.8) is 0 Å². The van der Waals surface area contributed by atoms with Crippen LogP contribution in [0.1, 0.15) is 5.56 Å². The first-order valence-corrected chi connectivity index (χ1v) is 4.48. The Morgan fingerprint density at radius 1 is 1.47 bits per heavy atom. The molecule has 15 heavy (non-hydrogen) atoms. The number of carboxylic acid groups (broad SMARTS) is 1. The summed E-state index contributed by atoms with van der Waals surface area (Å²) in [4.78, 5) is 11.2. The third-order valence-electron chi connectivity index (χ3n) is 2.46. The highest BCUT2D eigenvalue weighted by Crippen LogP contribution is 2.34. The summed E-state index contributed by atoms with van der Waals surface area (Å²) in [5.41, 5.74) is 4.53. The molecule has 2 rings (SSSR count). The molecule has 0 radical (unpaired) electrons. The molecule has 0 aliphatic carbocycles. The predicted molar refractivity (Wildman–Crippen MR) is 50.8 cm³/mol. The van der Waals surface area contributed by atoms with Crippen molar-refractivity contribution < 1.29 is 19.4 Å². The van der Waals surface area contributed by atoms with Gasteiger partial charge in [-0.05, 0) is 5.56 Å². The molecule has 0 aromatic heterocycles. The summed E-state index contributed by atoms with van der Waals surface area (Å²) >= 11 is 0. The van der Waals surface area contributed by atoms with Crippen LogP contribution in [0.15, 0.2) is 30.3 Å². The second-order valence-electron chi connectivity index (χ2n) is 3.26. The van der Waals surface area contributed by atoms with Crippen LogP contribution in [0.5, 0.6) is 0 Å². The summed E-state index contributed by atoms with van der Waals surface area (Å²) in [5, 5.41) is 9.20. The average molecular weight is 209 g/mol. The summed E-state index contributed by atoms with van der Waals surface area (Å²) < 4.78 is 10.1.